The van der Waals surface area contributed by atoms with E-state index >= 15 is 0 Å². The van der Waals surface area contributed by atoms with Crippen molar-refractivity contribution in [1.29, 1.82) is 0 Å². The summed E-state index contributed by atoms with van der Waals surface area (Å²) in [4.78, 5) is 2.43. The maximum absolute atomic E-state index is 6.32. The molecule has 0 amide bonds. The van der Waals surface area contributed by atoms with Crippen LogP contribution in [0.2, 0.25) is 0 Å². The van der Waals surface area contributed by atoms with E-state index in [2.05, 4.69) is 18.7 Å². The molecule has 2 atom stereocenters. The van der Waals surface area contributed by atoms with Crippen molar-refractivity contribution in [3.8, 4) is 0 Å². The first-order valence-corrected chi connectivity index (χ1v) is 7.44. The van der Waals surface area contributed by atoms with E-state index in [1.165, 1.54) is 12.8 Å². The standard InChI is InChI=1S/C15H32N2O2/c1-15(2)6-5-14(16)13(11-15)12-17(7-9-18-3)8-10-19-4/h13-14H,5-12,16H2,1-4H3. The number of hydrogen-bond donors (Lipinski definition) is 1. The third-order valence-electron chi connectivity index (χ3n) is 4.29. The molecule has 0 aromatic carbocycles. The normalized spacial score (nSPS) is 26.8. The molecule has 0 spiro atoms. The molecule has 1 aliphatic rings. The summed E-state index contributed by atoms with van der Waals surface area (Å²) in [5, 5.41) is 0. The smallest absolute Gasteiger partial charge is 0.0589 e. The largest absolute Gasteiger partial charge is 0.383 e. The molecule has 2 N–H and O–H groups in total. The third-order valence-corrected chi connectivity index (χ3v) is 4.29. The molecule has 0 aliphatic heterocycles. The number of nitrogens with two attached hydrogens (primary N) is 1. The van der Waals surface area contributed by atoms with Crippen LogP contribution in [0.15, 0.2) is 0 Å². The highest BCUT2D eigenvalue weighted by atomic mass is 16.5. The fourth-order valence-corrected chi connectivity index (χ4v) is 3.02. The van der Waals surface area contributed by atoms with E-state index in [0.29, 0.717) is 17.4 Å². The van der Waals surface area contributed by atoms with Gasteiger partial charge in [-0.2, -0.15) is 0 Å². The van der Waals surface area contributed by atoms with Crippen molar-refractivity contribution < 1.29 is 9.47 Å². The lowest BCUT2D eigenvalue weighted by molar-refractivity contribution is 0.0751. The van der Waals surface area contributed by atoms with Gasteiger partial charge in [0.15, 0.2) is 0 Å². The molecule has 19 heavy (non-hydrogen) atoms. The lowest BCUT2D eigenvalue weighted by Crippen LogP contribution is -2.46. The van der Waals surface area contributed by atoms with Crippen molar-refractivity contribution in [1.82, 2.24) is 4.90 Å². The third kappa shape index (κ3) is 6.21. The minimum atomic E-state index is 0.348. The first-order valence-electron chi connectivity index (χ1n) is 7.44. The monoisotopic (exact) mass is 272 g/mol. The Morgan fingerprint density at radius 3 is 2.26 bits per heavy atom. The van der Waals surface area contributed by atoms with Gasteiger partial charge in [-0.25, -0.2) is 0 Å². The molecule has 0 saturated heterocycles. The predicted molar refractivity (Wildman–Crippen MR) is 79.3 cm³/mol. The van der Waals surface area contributed by atoms with Crippen LogP contribution in [0.3, 0.4) is 0 Å². The van der Waals surface area contributed by atoms with Gasteiger partial charge in [0.25, 0.3) is 0 Å². The second-order valence-corrected chi connectivity index (χ2v) is 6.62. The van der Waals surface area contributed by atoms with E-state index < -0.39 is 0 Å². The van der Waals surface area contributed by atoms with Crippen LogP contribution in [0.25, 0.3) is 0 Å². The Morgan fingerprint density at radius 1 is 1.16 bits per heavy atom. The van der Waals surface area contributed by atoms with Gasteiger partial charge in [0.05, 0.1) is 13.2 Å². The fraction of sp³-hybridized carbons (Fsp3) is 1.00. The zero-order valence-electron chi connectivity index (χ0n) is 13.2. The zero-order chi connectivity index (χ0) is 14.3. The molecule has 0 bridgehead atoms. The van der Waals surface area contributed by atoms with E-state index in [1.807, 2.05) is 0 Å². The summed E-state index contributed by atoms with van der Waals surface area (Å²) in [7, 11) is 3.51. The van der Waals surface area contributed by atoms with E-state index in [1.54, 1.807) is 14.2 Å². The van der Waals surface area contributed by atoms with E-state index in [4.69, 9.17) is 15.2 Å². The highest BCUT2D eigenvalue weighted by molar-refractivity contribution is 4.88. The summed E-state index contributed by atoms with van der Waals surface area (Å²) in [5.74, 6) is 0.595. The summed E-state index contributed by atoms with van der Waals surface area (Å²) in [5.41, 5.74) is 6.76. The number of rotatable bonds is 8. The highest BCUT2D eigenvalue weighted by Crippen LogP contribution is 2.38. The molecule has 4 heteroatoms. The molecule has 0 aromatic rings. The van der Waals surface area contributed by atoms with Gasteiger partial charge in [-0.05, 0) is 30.6 Å². The average molecular weight is 272 g/mol. The van der Waals surface area contributed by atoms with E-state index in [0.717, 1.165) is 39.3 Å². The Bertz CT molecular complexity index is 238. The summed E-state index contributed by atoms with van der Waals surface area (Å²) < 4.78 is 10.4. The van der Waals surface area contributed by atoms with Crippen molar-refractivity contribution >= 4 is 0 Å². The quantitative estimate of drug-likeness (QED) is 0.731. The highest BCUT2D eigenvalue weighted by Gasteiger charge is 2.33. The van der Waals surface area contributed by atoms with Gasteiger partial charge < -0.3 is 15.2 Å². The number of methoxy groups -OCH3 is 2. The van der Waals surface area contributed by atoms with Gasteiger partial charge in [-0.3, -0.25) is 4.90 Å². The van der Waals surface area contributed by atoms with Crippen LogP contribution in [0.5, 0.6) is 0 Å². The van der Waals surface area contributed by atoms with Gasteiger partial charge in [0.2, 0.25) is 0 Å². The Labute approximate surface area is 118 Å². The summed E-state index contributed by atoms with van der Waals surface area (Å²) in [6.07, 6.45) is 3.63. The van der Waals surface area contributed by atoms with Crippen molar-refractivity contribution in [2.45, 2.75) is 39.2 Å². The van der Waals surface area contributed by atoms with Crippen LogP contribution in [0.1, 0.15) is 33.1 Å². The topological polar surface area (TPSA) is 47.7 Å². The molecule has 1 aliphatic carbocycles. The van der Waals surface area contributed by atoms with Crippen LogP contribution in [0, 0.1) is 11.3 Å². The van der Waals surface area contributed by atoms with Crippen molar-refractivity contribution in [3.05, 3.63) is 0 Å². The van der Waals surface area contributed by atoms with Gasteiger partial charge in [-0.15, -0.1) is 0 Å². The average Bonchev–Trinajstić information content (AvgIpc) is 2.36. The first kappa shape index (κ1) is 16.9. The Morgan fingerprint density at radius 2 is 1.74 bits per heavy atom. The van der Waals surface area contributed by atoms with Crippen LogP contribution in [0.4, 0.5) is 0 Å². The molecular weight excluding hydrogens is 240 g/mol. The number of nitrogens with zero attached hydrogens (tertiary/aromatic N) is 1. The Hall–Kier alpha value is -0.160. The summed E-state index contributed by atoms with van der Waals surface area (Å²) >= 11 is 0. The number of hydrogen-bond acceptors (Lipinski definition) is 4. The second kappa shape index (κ2) is 8.20. The molecule has 0 radical (unpaired) electrons. The molecule has 114 valence electrons. The van der Waals surface area contributed by atoms with Gasteiger partial charge >= 0.3 is 0 Å². The van der Waals surface area contributed by atoms with Crippen LogP contribution in [-0.4, -0.2) is 58.0 Å². The van der Waals surface area contributed by atoms with Crippen LogP contribution >= 0.6 is 0 Å². The summed E-state index contributed by atoms with van der Waals surface area (Å²) in [6, 6.07) is 0.348. The molecular formula is C15H32N2O2. The maximum Gasteiger partial charge on any atom is 0.0589 e. The molecule has 2 unspecified atom stereocenters. The molecule has 4 nitrogen and oxygen atoms in total. The minimum absolute atomic E-state index is 0.348. The zero-order valence-corrected chi connectivity index (χ0v) is 13.2. The van der Waals surface area contributed by atoms with Gasteiger partial charge in [0.1, 0.15) is 0 Å². The predicted octanol–water partition coefficient (Wildman–Crippen LogP) is 1.73. The minimum Gasteiger partial charge on any atom is -0.383 e. The van der Waals surface area contributed by atoms with Crippen LogP contribution < -0.4 is 5.73 Å². The van der Waals surface area contributed by atoms with Gasteiger partial charge in [-0.1, -0.05) is 13.8 Å². The van der Waals surface area contributed by atoms with Gasteiger partial charge in [0, 0.05) is 39.9 Å². The lowest BCUT2D eigenvalue weighted by Gasteiger charge is -2.41. The van der Waals surface area contributed by atoms with Crippen LogP contribution in [-0.2, 0) is 9.47 Å². The fourth-order valence-electron chi connectivity index (χ4n) is 3.02. The van der Waals surface area contributed by atoms with Crippen molar-refractivity contribution in [2.75, 3.05) is 47.1 Å². The lowest BCUT2D eigenvalue weighted by atomic mass is 9.70. The number of ether oxygens (including phenoxy) is 2. The maximum atomic E-state index is 6.32. The molecule has 1 saturated carbocycles. The Kier molecular flexibility index (Phi) is 7.29. The molecule has 0 aromatic heterocycles. The van der Waals surface area contributed by atoms with Crippen molar-refractivity contribution in [3.63, 3.8) is 0 Å². The SMILES string of the molecule is COCCN(CCOC)CC1CC(C)(C)CCC1N. The summed E-state index contributed by atoms with van der Waals surface area (Å²) in [6.45, 7) is 9.26. The molecule has 0 heterocycles. The van der Waals surface area contributed by atoms with E-state index in [9.17, 15) is 0 Å². The first-order chi connectivity index (χ1) is 8.98. The van der Waals surface area contributed by atoms with Crippen molar-refractivity contribution in [2.24, 2.45) is 17.1 Å². The second-order valence-electron chi connectivity index (χ2n) is 6.62. The Balaban J connectivity index is 2.49. The van der Waals surface area contributed by atoms with E-state index in [-0.39, 0.29) is 0 Å². The molecule has 1 rings (SSSR count). The molecule has 1 fully saturated rings.